The van der Waals surface area contributed by atoms with Crippen LogP contribution in [0, 0.1) is 12.7 Å². The lowest BCUT2D eigenvalue weighted by atomic mass is 10.0. The van der Waals surface area contributed by atoms with E-state index in [1.54, 1.807) is 22.9 Å². The largest absolute Gasteiger partial charge is 0.336 e. The van der Waals surface area contributed by atoms with Gasteiger partial charge in [-0.3, -0.25) is 9.69 Å². The lowest BCUT2D eigenvalue weighted by molar-refractivity contribution is 0.0630. The molecule has 6 rings (SSSR count). The number of sulfone groups is 1. The lowest BCUT2D eigenvalue weighted by Gasteiger charge is -2.35. The molecule has 202 valence electrons. The van der Waals surface area contributed by atoms with Crippen molar-refractivity contribution < 1.29 is 17.6 Å². The first-order chi connectivity index (χ1) is 18.8. The summed E-state index contributed by atoms with van der Waals surface area (Å²) in [5, 5.41) is 5.32. The molecule has 1 amide bonds. The molecular weight excluding hydrogens is 517 g/mol. The second kappa shape index (κ2) is 10.2. The summed E-state index contributed by atoms with van der Waals surface area (Å²) >= 11 is 0. The molecule has 0 saturated carbocycles. The summed E-state index contributed by atoms with van der Waals surface area (Å²) in [5.41, 5.74) is 4.05. The van der Waals surface area contributed by atoms with Gasteiger partial charge in [0.05, 0.1) is 39.9 Å². The average molecular weight is 548 g/mol. The molecule has 1 unspecified atom stereocenters. The number of hydrogen-bond donors (Lipinski definition) is 0. The van der Waals surface area contributed by atoms with E-state index < -0.39 is 9.84 Å². The third-order valence-corrected chi connectivity index (χ3v) is 9.42. The number of amides is 1. The SMILES string of the molecule is Cc1nn(C2CCS(=O)(=O)C2)c2nc(-c3ccc(F)cc3)cc(C(=O)N3CCN(Cc4ccccc4)CC3)c12. The van der Waals surface area contributed by atoms with Gasteiger partial charge >= 0.3 is 0 Å². The van der Waals surface area contributed by atoms with Gasteiger partial charge in [0.1, 0.15) is 5.82 Å². The fourth-order valence-corrected chi connectivity index (χ4v) is 7.29. The number of rotatable bonds is 5. The quantitative estimate of drug-likeness (QED) is 0.377. The highest BCUT2D eigenvalue weighted by Crippen LogP contribution is 2.33. The number of fused-ring (bicyclic) bond motifs is 1. The first-order valence-corrected chi connectivity index (χ1v) is 15.0. The highest BCUT2D eigenvalue weighted by molar-refractivity contribution is 7.91. The molecule has 2 aliphatic heterocycles. The van der Waals surface area contributed by atoms with E-state index in [-0.39, 0.29) is 29.3 Å². The zero-order valence-electron chi connectivity index (χ0n) is 21.8. The maximum atomic E-state index is 14.0. The number of aryl methyl sites for hydroxylation is 1. The summed E-state index contributed by atoms with van der Waals surface area (Å²) in [6.45, 7) is 5.38. The molecule has 2 aromatic heterocycles. The van der Waals surface area contributed by atoms with Gasteiger partial charge in [-0.15, -0.1) is 0 Å². The normalized spacial score (nSPS) is 19.5. The minimum absolute atomic E-state index is 0.00166. The molecule has 1 atom stereocenters. The Bertz CT molecular complexity index is 1630. The molecule has 4 aromatic rings. The molecule has 0 spiro atoms. The van der Waals surface area contributed by atoms with Crippen molar-refractivity contribution in [1.82, 2.24) is 24.6 Å². The van der Waals surface area contributed by atoms with Crippen LogP contribution in [0.4, 0.5) is 4.39 Å². The minimum atomic E-state index is -3.15. The van der Waals surface area contributed by atoms with Gasteiger partial charge < -0.3 is 4.90 Å². The molecule has 2 fully saturated rings. The zero-order valence-corrected chi connectivity index (χ0v) is 22.6. The van der Waals surface area contributed by atoms with Crippen LogP contribution < -0.4 is 0 Å². The highest BCUT2D eigenvalue weighted by atomic mass is 32.2. The van der Waals surface area contributed by atoms with Gasteiger partial charge in [-0.05, 0) is 49.2 Å². The van der Waals surface area contributed by atoms with Crippen molar-refractivity contribution in [1.29, 1.82) is 0 Å². The van der Waals surface area contributed by atoms with Crippen molar-refractivity contribution in [2.45, 2.75) is 25.9 Å². The molecule has 0 aliphatic carbocycles. The van der Waals surface area contributed by atoms with Gasteiger partial charge in [0.2, 0.25) is 0 Å². The summed E-state index contributed by atoms with van der Waals surface area (Å²) in [5.74, 6) is -0.360. The minimum Gasteiger partial charge on any atom is -0.336 e. The van der Waals surface area contributed by atoms with E-state index in [2.05, 4.69) is 22.1 Å². The van der Waals surface area contributed by atoms with Gasteiger partial charge in [-0.25, -0.2) is 22.5 Å². The number of nitrogens with zero attached hydrogens (tertiary/aromatic N) is 5. The smallest absolute Gasteiger partial charge is 0.254 e. The lowest BCUT2D eigenvalue weighted by Crippen LogP contribution is -2.48. The maximum Gasteiger partial charge on any atom is 0.254 e. The van der Waals surface area contributed by atoms with E-state index in [1.807, 2.05) is 30.0 Å². The summed E-state index contributed by atoms with van der Waals surface area (Å²) in [6, 6.07) is 17.7. The maximum absolute atomic E-state index is 14.0. The second-order valence-corrected chi connectivity index (χ2v) is 12.6. The van der Waals surface area contributed by atoms with Gasteiger partial charge in [-0.2, -0.15) is 5.10 Å². The molecule has 0 N–H and O–H groups in total. The number of benzene rings is 2. The van der Waals surface area contributed by atoms with Gasteiger partial charge in [0.15, 0.2) is 15.5 Å². The second-order valence-electron chi connectivity index (χ2n) is 10.4. The van der Waals surface area contributed by atoms with Gasteiger partial charge in [-0.1, -0.05) is 30.3 Å². The molecule has 2 aromatic carbocycles. The van der Waals surface area contributed by atoms with Crippen LogP contribution in [0.15, 0.2) is 60.7 Å². The number of carbonyl (C=O) groups is 1. The Morgan fingerprint density at radius 1 is 1.03 bits per heavy atom. The topological polar surface area (TPSA) is 88.4 Å². The van der Waals surface area contributed by atoms with Crippen LogP contribution in [0.25, 0.3) is 22.3 Å². The Kier molecular flexibility index (Phi) is 6.68. The monoisotopic (exact) mass is 547 g/mol. The van der Waals surface area contributed by atoms with Crippen molar-refractivity contribution in [2.75, 3.05) is 37.7 Å². The van der Waals surface area contributed by atoms with E-state index in [0.717, 1.165) is 19.6 Å². The summed E-state index contributed by atoms with van der Waals surface area (Å²) in [6.07, 6.45) is 0.452. The van der Waals surface area contributed by atoms with Crippen LogP contribution in [-0.4, -0.2) is 76.6 Å². The van der Waals surface area contributed by atoms with Crippen LogP contribution in [0.2, 0.25) is 0 Å². The fraction of sp³-hybridized carbons (Fsp3) is 0.345. The first-order valence-electron chi connectivity index (χ1n) is 13.2. The van der Waals surface area contributed by atoms with E-state index in [9.17, 15) is 17.6 Å². The number of carbonyl (C=O) groups excluding carboxylic acids is 1. The van der Waals surface area contributed by atoms with E-state index in [4.69, 9.17) is 4.98 Å². The van der Waals surface area contributed by atoms with Crippen molar-refractivity contribution in [3.05, 3.63) is 83.3 Å². The molecule has 39 heavy (non-hydrogen) atoms. The van der Waals surface area contributed by atoms with E-state index in [0.29, 0.717) is 53.1 Å². The van der Waals surface area contributed by atoms with Crippen LogP contribution in [0.5, 0.6) is 0 Å². The number of pyridine rings is 1. The fourth-order valence-electron chi connectivity index (χ4n) is 5.59. The Hall–Kier alpha value is -3.63. The predicted molar refractivity (Wildman–Crippen MR) is 148 cm³/mol. The molecule has 0 radical (unpaired) electrons. The molecule has 4 heterocycles. The predicted octanol–water partition coefficient (Wildman–Crippen LogP) is 3.86. The Balaban J connectivity index is 1.35. The van der Waals surface area contributed by atoms with Crippen LogP contribution in [0.3, 0.4) is 0 Å². The summed E-state index contributed by atoms with van der Waals surface area (Å²) < 4.78 is 39.8. The molecule has 2 saturated heterocycles. The van der Waals surface area contributed by atoms with Crippen molar-refractivity contribution >= 4 is 26.8 Å². The number of aromatic nitrogens is 3. The third-order valence-electron chi connectivity index (χ3n) is 7.67. The van der Waals surface area contributed by atoms with Crippen LogP contribution in [-0.2, 0) is 16.4 Å². The highest BCUT2D eigenvalue weighted by Gasteiger charge is 2.33. The van der Waals surface area contributed by atoms with E-state index >= 15 is 0 Å². The van der Waals surface area contributed by atoms with Crippen molar-refractivity contribution in [2.24, 2.45) is 0 Å². The molecular formula is C29H30FN5O3S. The Morgan fingerprint density at radius 2 is 1.74 bits per heavy atom. The standard InChI is InChI=1S/C29H30FN5O3S/c1-20-27-25(29(36)34-14-12-33(13-15-34)18-21-5-3-2-4-6-21)17-26(22-7-9-23(30)10-8-22)31-28(27)35(32-20)24-11-16-39(37,38)19-24/h2-10,17,24H,11-16,18-19H2,1H3. The number of piperazine rings is 1. The van der Waals surface area contributed by atoms with Crippen LogP contribution in [0.1, 0.15) is 34.1 Å². The molecule has 0 bridgehead atoms. The summed E-state index contributed by atoms with van der Waals surface area (Å²) in [4.78, 5) is 23.0. The average Bonchev–Trinajstić information content (AvgIpc) is 3.47. The zero-order chi connectivity index (χ0) is 27.1. The Morgan fingerprint density at radius 3 is 2.41 bits per heavy atom. The van der Waals surface area contributed by atoms with Gasteiger partial charge in [0.25, 0.3) is 5.91 Å². The van der Waals surface area contributed by atoms with E-state index in [1.165, 1.54) is 17.7 Å². The number of hydrogen-bond acceptors (Lipinski definition) is 6. The number of halogens is 1. The Labute approximate surface area is 227 Å². The molecule has 2 aliphatic rings. The molecule has 8 nitrogen and oxygen atoms in total. The van der Waals surface area contributed by atoms with Crippen molar-refractivity contribution in [3.63, 3.8) is 0 Å². The van der Waals surface area contributed by atoms with Crippen LogP contribution >= 0.6 is 0 Å². The van der Waals surface area contributed by atoms with Gasteiger partial charge in [0, 0.05) is 38.3 Å². The first kappa shape index (κ1) is 25.6. The third kappa shape index (κ3) is 5.18. The summed E-state index contributed by atoms with van der Waals surface area (Å²) in [7, 11) is -3.15. The van der Waals surface area contributed by atoms with Crippen molar-refractivity contribution in [3.8, 4) is 11.3 Å². The molecule has 10 heteroatoms.